The zero-order valence-electron chi connectivity index (χ0n) is 16.7. The van der Waals surface area contributed by atoms with E-state index >= 15 is 0 Å². The van der Waals surface area contributed by atoms with Crippen molar-refractivity contribution in [3.05, 3.63) is 66.7 Å². The number of hydrogen-bond donors (Lipinski definition) is 1. The molecule has 0 bridgehead atoms. The van der Waals surface area contributed by atoms with Gasteiger partial charge in [0.2, 0.25) is 15.9 Å². The summed E-state index contributed by atoms with van der Waals surface area (Å²) in [5, 5.41) is 0. The number of nitrogens with zero attached hydrogens (tertiary/aromatic N) is 1. The average Bonchev–Trinajstić information content (AvgIpc) is 2.78. The van der Waals surface area contributed by atoms with Crippen molar-refractivity contribution in [2.24, 2.45) is 5.41 Å². The molecule has 154 valence electrons. The van der Waals surface area contributed by atoms with Gasteiger partial charge < -0.3 is 9.64 Å². The molecular formula is C22H26N2O4S. The minimum atomic E-state index is -3.55. The van der Waals surface area contributed by atoms with E-state index in [0.29, 0.717) is 30.1 Å². The largest absolute Gasteiger partial charge is 0.490 e. The monoisotopic (exact) mass is 414 g/mol. The summed E-state index contributed by atoms with van der Waals surface area (Å²) >= 11 is 0. The SMILES string of the molecule is C=CCN1C(=O)C(C)(C)COc2ccc(NS(=O)(=O)CCc3ccccc3)cc21. The summed E-state index contributed by atoms with van der Waals surface area (Å²) in [5.41, 5.74) is 1.18. The van der Waals surface area contributed by atoms with Gasteiger partial charge in [0.15, 0.2) is 0 Å². The number of rotatable bonds is 7. The molecule has 0 saturated heterocycles. The van der Waals surface area contributed by atoms with Gasteiger partial charge in [-0.3, -0.25) is 9.52 Å². The lowest BCUT2D eigenvalue weighted by molar-refractivity contribution is -0.127. The maximum Gasteiger partial charge on any atom is 0.236 e. The number of hydrogen-bond acceptors (Lipinski definition) is 4. The number of carbonyl (C=O) groups is 1. The van der Waals surface area contributed by atoms with Crippen LogP contribution >= 0.6 is 0 Å². The molecule has 0 saturated carbocycles. The summed E-state index contributed by atoms with van der Waals surface area (Å²) in [6.45, 7) is 7.93. The molecule has 29 heavy (non-hydrogen) atoms. The smallest absolute Gasteiger partial charge is 0.236 e. The van der Waals surface area contributed by atoms with E-state index < -0.39 is 15.4 Å². The molecule has 0 aliphatic carbocycles. The van der Waals surface area contributed by atoms with Gasteiger partial charge in [0.05, 0.1) is 22.5 Å². The Hall–Kier alpha value is -2.80. The number of sulfonamides is 1. The van der Waals surface area contributed by atoms with Crippen LogP contribution in [0.2, 0.25) is 0 Å². The number of nitrogens with one attached hydrogen (secondary N) is 1. The van der Waals surface area contributed by atoms with Gasteiger partial charge in [0.25, 0.3) is 0 Å². The number of aryl methyl sites for hydroxylation is 1. The average molecular weight is 415 g/mol. The molecule has 0 fully saturated rings. The molecule has 1 heterocycles. The van der Waals surface area contributed by atoms with Gasteiger partial charge in [0.1, 0.15) is 12.4 Å². The number of anilines is 2. The molecule has 2 aromatic carbocycles. The van der Waals surface area contributed by atoms with Crippen LogP contribution in [0.25, 0.3) is 0 Å². The van der Waals surface area contributed by atoms with Crippen LogP contribution in [0.4, 0.5) is 11.4 Å². The summed E-state index contributed by atoms with van der Waals surface area (Å²) < 4.78 is 33.5. The Morgan fingerprint density at radius 1 is 1.21 bits per heavy atom. The third-order valence-corrected chi connectivity index (χ3v) is 6.04. The molecule has 0 radical (unpaired) electrons. The molecule has 0 unspecified atom stereocenters. The van der Waals surface area contributed by atoms with E-state index in [1.54, 1.807) is 29.2 Å². The predicted molar refractivity (Wildman–Crippen MR) is 116 cm³/mol. The van der Waals surface area contributed by atoms with Gasteiger partial charge in [-0.05, 0) is 44.0 Å². The molecule has 6 nitrogen and oxygen atoms in total. The maximum absolute atomic E-state index is 12.9. The number of benzene rings is 2. The van der Waals surface area contributed by atoms with E-state index in [4.69, 9.17) is 4.74 Å². The van der Waals surface area contributed by atoms with Crippen LogP contribution in [0, 0.1) is 5.41 Å². The second kappa shape index (κ2) is 8.29. The van der Waals surface area contributed by atoms with Crippen molar-refractivity contribution in [2.45, 2.75) is 20.3 Å². The molecule has 2 aromatic rings. The van der Waals surface area contributed by atoms with Gasteiger partial charge >= 0.3 is 0 Å². The Bertz CT molecular complexity index is 1000. The zero-order chi connectivity index (χ0) is 21.1. The van der Waals surface area contributed by atoms with Crippen molar-refractivity contribution in [3.8, 4) is 5.75 Å². The molecule has 1 aliphatic heterocycles. The lowest BCUT2D eigenvalue weighted by Crippen LogP contribution is -2.42. The van der Waals surface area contributed by atoms with Gasteiger partial charge in [0, 0.05) is 6.54 Å². The lowest BCUT2D eigenvalue weighted by atomic mass is 9.93. The topological polar surface area (TPSA) is 75.7 Å². The number of carbonyl (C=O) groups excluding carboxylic acids is 1. The third kappa shape index (κ3) is 4.98. The first-order chi connectivity index (χ1) is 13.7. The first-order valence-corrected chi connectivity index (χ1v) is 11.1. The summed E-state index contributed by atoms with van der Waals surface area (Å²) in [6, 6.07) is 14.4. The third-order valence-electron chi connectivity index (χ3n) is 4.75. The first kappa shape index (κ1) is 20.9. The highest BCUT2D eigenvalue weighted by Crippen LogP contribution is 2.38. The second-order valence-corrected chi connectivity index (χ2v) is 9.56. The fourth-order valence-corrected chi connectivity index (χ4v) is 4.24. The minimum Gasteiger partial charge on any atom is -0.490 e. The van der Waals surface area contributed by atoms with Crippen molar-refractivity contribution in [1.82, 2.24) is 0 Å². The van der Waals surface area contributed by atoms with E-state index in [-0.39, 0.29) is 18.3 Å². The molecule has 1 aliphatic rings. The summed E-state index contributed by atoms with van der Waals surface area (Å²) in [5.74, 6) is 0.408. The summed E-state index contributed by atoms with van der Waals surface area (Å²) in [6.07, 6.45) is 2.05. The number of fused-ring (bicyclic) bond motifs is 1. The van der Waals surface area contributed by atoms with Gasteiger partial charge in [-0.25, -0.2) is 8.42 Å². The fraction of sp³-hybridized carbons (Fsp3) is 0.318. The Balaban J connectivity index is 1.83. The Morgan fingerprint density at radius 3 is 2.62 bits per heavy atom. The number of amides is 1. The molecule has 7 heteroatoms. The molecule has 0 spiro atoms. The standard InChI is InChI=1S/C22H26N2O4S/c1-4-13-24-19-15-18(10-11-20(19)28-16-22(2,3)21(24)25)23-29(26,27)14-12-17-8-6-5-7-9-17/h4-11,15,23H,1,12-14,16H2,2-3H3. The highest BCUT2D eigenvalue weighted by Gasteiger charge is 2.37. The Kier molecular flexibility index (Phi) is 5.98. The molecular weight excluding hydrogens is 388 g/mol. The van der Waals surface area contributed by atoms with Gasteiger partial charge in [-0.1, -0.05) is 36.4 Å². The van der Waals surface area contributed by atoms with Crippen molar-refractivity contribution in [1.29, 1.82) is 0 Å². The van der Waals surface area contributed by atoms with Gasteiger partial charge in [-0.15, -0.1) is 6.58 Å². The fourth-order valence-electron chi connectivity index (χ4n) is 3.15. The predicted octanol–water partition coefficient (Wildman–Crippen LogP) is 3.61. The second-order valence-electron chi connectivity index (χ2n) is 7.72. The first-order valence-electron chi connectivity index (χ1n) is 9.46. The van der Waals surface area contributed by atoms with Gasteiger partial charge in [-0.2, -0.15) is 0 Å². The minimum absolute atomic E-state index is 0.0348. The van der Waals surface area contributed by atoms with Crippen LogP contribution in [0.15, 0.2) is 61.2 Å². The Labute approximate surface area is 172 Å². The lowest BCUT2D eigenvalue weighted by Gasteiger charge is -2.27. The summed E-state index contributed by atoms with van der Waals surface area (Å²) in [4.78, 5) is 14.5. The van der Waals surface area contributed by atoms with Crippen molar-refractivity contribution in [2.75, 3.05) is 28.5 Å². The van der Waals surface area contributed by atoms with E-state index in [0.717, 1.165) is 5.56 Å². The van der Waals surface area contributed by atoms with E-state index in [9.17, 15) is 13.2 Å². The van der Waals surface area contributed by atoms with Crippen LogP contribution in [0.5, 0.6) is 5.75 Å². The molecule has 3 rings (SSSR count). The van der Waals surface area contributed by atoms with Crippen LogP contribution in [0.1, 0.15) is 19.4 Å². The molecule has 0 aromatic heterocycles. The zero-order valence-corrected chi connectivity index (χ0v) is 17.5. The van der Waals surface area contributed by atoms with E-state index in [1.807, 2.05) is 44.2 Å². The Morgan fingerprint density at radius 2 is 1.93 bits per heavy atom. The molecule has 0 atom stereocenters. The maximum atomic E-state index is 12.9. The highest BCUT2D eigenvalue weighted by atomic mass is 32.2. The van der Waals surface area contributed by atoms with Crippen molar-refractivity contribution in [3.63, 3.8) is 0 Å². The quantitative estimate of drug-likeness (QED) is 0.703. The van der Waals surface area contributed by atoms with E-state index in [2.05, 4.69) is 11.3 Å². The van der Waals surface area contributed by atoms with Crippen LogP contribution < -0.4 is 14.4 Å². The molecule has 1 N–H and O–H groups in total. The number of ether oxygens (including phenoxy) is 1. The van der Waals surface area contributed by atoms with Crippen molar-refractivity contribution < 1.29 is 17.9 Å². The van der Waals surface area contributed by atoms with Crippen molar-refractivity contribution >= 4 is 27.3 Å². The van der Waals surface area contributed by atoms with E-state index in [1.165, 1.54) is 0 Å². The summed E-state index contributed by atoms with van der Waals surface area (Å²) in [7, 11) is -3.55. The van der Waals surface area contributed by atoms with Crippen LogP contribution in [0.3, 0.4) is 0 Å². The molecule has 1 amide bonds. The van der Waals surface area contributed by atoms with Crippen LogP contribution in [-0.4, -0.2) is 33.2 Å². The normalized spacial score (nSPS) is 15.8. The highest BCUT2D eigenvalue weighted by molar-refractivity contribution is 7.92. The van der Waals surface area contributed by atoms with Crippen LogP contribution in [-0.2, 0) is 21.2 Å².